The quantitative estimate of drug-likeness (QED) is 0.557. The van der Waals surface area contributed by atoms with Crippen molar-refractivity contribution in [3.05, 3.63) is 0 Å². The molecule has 1 rings (SSSR count). The first-order valence-electron chi connectivity index (χ1n) is 6.83. The number of hydrogen-bond acceptors (Lipinski definition) is 4. The molecule has 19 heavy (non-hydrogen) atoms. The molecule has 3 atom stereocenters. The fourth-order valence-electron chi connectivity index (χ4n) is 1.73. The lowest BCUT2D eigenvalue weighted by Gasteiger charge is -2.37. The van der Waals surface area contributed by atoms with Gasteiger partial charge in [0.1, 0.15) is 14.0 Å². The summed E-state index contributed by atoms with van der Waals surface area (Å²) < 4.78 is 17.7. The molecule has 110 valence electrons. The van der Waals surface area contributed by atoms with Crippen LogP contribution in [0.5, 0.6) is 0 Å². The van der Waals surface area contributed by atoms with Crippen LogP contribution in [0.4, 0.5) is 0 Å². The topological polar surface area (TPSA) is 27.7 Å². The fraction of sp³-hybridized carbons (Fsp3) is 1.00. The van der Waals surface area contributed by atoms with Crippen molar-refractivity contribution in [2.75, 3.05) is 18.8 Å². The number of ether oxygens (including phenoxy) is 2. The van der Waals surface area contributed by atoms with Gasteiger partial charge in [0.25, 0.3) is 0 Å². The van der Waals surface area contributed by atoms with Crippen molar-refractivity contribution in [3.8, 4) is 0 Å². The molecule has 1 unspecified atom stereocenters. The number of rotatable bonds is 6. The Morgan fingerprint density at radius 1 is 1.37 bits per heavy atom. The lowest BCUT2D eigenvalue weighted by molar-refractivity contribution is -0.0215. The van der Waals surface area contributed by atoms with Crippen molar-refractivity contribution in [1.82, 2.24) is 0 Å². The number of hydrogen-bond donors (Lipinski definition) is 0. The third-order valence-electron chi connectivity index (χ3n) is 4.04. The third-order valence-corrected chi connectivity index (χ3v) is 8.92. The first kappa shape index (κ1) is 17.6. The molecular formula is C13H27BO3SSi. The van der Waals surface area contributed by atoms with Crippen molar-refractivity contribution in [1.29, 1.82) is 0 Å². The lowest BCUT2D eigenvalue weighted by Crippen LogP contribution is -2.44. The minimum absolute atomic E-state index is 0.0312. The summed E-state index contributed by atoms with van der Waals surface area (Å²) in [6.45, 7) is 11.8. The molecule has 6 heteroatoms. The smallest absolute Gasteiger partial charge is 0.192 e. The molecule has 0 spiro atoms. The summed E-state index contributed by atoms with van der Waals surface area (Å²) in [6, 6.07) is -0.222. The van der Waals surface area contributed by atoms with Crippen molar-refractivity contribution >= 4 is 27.9 Å². The van der Waals surface area contributed by atoms with Crippen molar-refractivity contribution < 1.29 is 13.9 Å². The van der Waals surface area contributed by atoms with E-state index in [0.29, 0.717) is 12.5 Å². The zero-order chi connectivity index (χ0) is 14.7. The highest BCUT2D eigenvalue weighted by Crippen LogP contribution is 2.37. The Bertz CT molecular complexity index is 284. The molecule has 0 bridgehead atoms. The predicted octanol–water partition coefficient (Wildman–Crippen LogP) is 3.00. The monoisotopic (exact) mass is 302 g/mol. The maximum atomic E-state index is 6.21. The van der Waals surface area contributed by atoms with Crippen molar-refractivity contribution in [2.24, 2.45) is 0 Å². The second-order valence-corrected chi connectivity index (χ2v) is 12.3. The van der Waals surface area contributed by atoms with Crippen LogP contribution < -0.4 is 0 Å². The van der Waals surface area contributed by atoms with Gasteiger partial charge in [-0.3, -0.25) is 0 Å². The molecule has 0 aromatic heterocycles. The van der Waals surface area contributed by atoms with Gasteiger partial charge in [-0.1, -0.05) is 20.8 Å². The summed E-state index contributed by atoms with van der Waals surface area (Å²) in [5.74, 6) is 0.678. The lowest BCUT2D eigenvalue weighted by atomic mass is 9.96. The van der Waals surface area contributed by atoms with Gasteiger partial charge in [0.2, 0.25) is 0 Å². The van der Waals surface area contributed by atoms with Gasteiger partial charge >= 0.3 is 0 Å². The SMILES string of the molecule is [B][C@H]1CC(OCSC)[C@@H](CO[Si](C)(C)C(C)(C)C)O1. The molecule has 1 fully saturated rings. The minimum atomic E-state index is -1.74. The van der Waals surface area contributed by atoms with Crippen molar-refractivity contribution in [2.45, 2.75) is 63.5 Å². The van der Waals surface area contributed by atoms with Gasteiger partial charge in [-0.2, -0.15) is 0 Å². The van der Waals surface area contributed by atoms with Crippen LogP contribution in [0.15, 0.2) is 0 Å². The minimum Gasteiger partial charge on any atom is -0.414 e. The Morgan fingerprint density at radius 3 is 2.53 bits per heavy atom. The van der Waals surface area contributed by atoms with Gasteiger partial charge in [0, 0.05) is 6.00 Å². The summed E-state index contributed by atoms with van der Waals surface area (Å²) in [4.78, 5) is 0. The highest BCUT2D eigenvalue weighted by molar-refractivity contribution is 7.98. The summed E-state index contributed by atoms with van der Waals surface area (Å²) in [7, 11) is 4.12. The largest absolute Gasteiger partial charge is 0.414 e. The summed E-state index contributed by atoms with van der Waals surface area (Å²) in [6.07, 6.45) is 2.81. The van der Waals surface area contributed by atoms with E-state index >= 15 is 0 Å². The maximum Gasteiger partial charge on any atom is 0.192 e. The van der Waals surface area contributed by atoms with E-state index < -0.39 is 8.32 Å². The van der Waals surface area contributed by atoms with E-state index in [0.717, 1.165) is 6.42 Å². The highest BCUT2D eigenvalue weighted by Gasteiger charge is 2.40. The standard InChI is InChI=1S/C13H27BO3SSi/c1-13(2,3)19(5,6)16-8-11-10(15-9-18-4)7-12(14)17-11/h10-12H,7-9H2,1-6H3/t10?,11-,12-/m1/s1. The molecule has 0 aliphatic carbocycles. The van der Waals surface area contributed by atoms with Gasteiger partial charge in [-0.15, -0.1) is 11.8 Å². The molecule has 0 saturated carbocycles. The van der Waals surface area contributed by atoms with E-state index in [1.807, 2.05) is 6.26 Å². The van der Waals surface area contributed by atoms with Crippen LogP contribution in [0, 0.1) is 0 Å². The van der Waals surface area contributed by atoms with Gasteiger partial charge < -0.3 is 13.9 Å². The van der Waals surface area contributed by atoms with Gasteiger partial charge in [0.15, 0.2) is 8.32 Å². The Kier molecular flexibility index (Phi) is 6.46. The predicted molar refractivity (Wildman–Crippen MR) is 85.4 cm³/mol. The van der Waals surface area contributed by atoms with E-state index in [2.05, 4.69) is 33.9 Å². The van der Waals surface area contributed by atoms with Crippen LogP contribution in [-0.4, -0.2) is 53.2 Å². The van der Waals surface area contributed by atoms with E-state index in [9.17, 15) is 0 Å². The van der Waals surface area contributed by atoms with Crippen molar-refractivity contribution in [3.63, 3.8) is 0 Å². The van der Waals surface area contributed by atoms with E-state index in [1.54, 1.807) is 11.8 Å². The third kappa shape index (κ3) is 5.08. The van der Waals surface area contributed by atoms with E-state index in [1.165, 1.54) is 0 Å². The molecule has 0 N–H and O–H groups in total. The highest BCUT2D eigenvalue weighted by atomic mass is 32.2. The molecule has 1 saturated heterocycles. The maximum absolute atomic E-state index is 6.21. The Labute approximate surface area is 124 Å². The molecule has 1 aliphatic heterocycles. The summed E-state index contributed by atoms with van der Waals surface area (Å²) >= 11 is 1.67. The summed E-state index contributed by atoms with van der Waals surface area (Å²) in [5.41, 5.74) is 0. The molecular weight excluding hydrogens is 275 g/mol. The van der Waals surface area contributed by atoms with Gasteiger partial charge in [0.05, 0.1) is 18.6 Å². The van der Waals surface area contributed by atoms with Gasteiger partial charge in [-0.25, -0.2) is 0 Å². The molecule has 1 aliphatic rings. The van der Waals surface area contributed by atoms with E-state index in [-0.39, 0.29) is 23.2 Å². The Balaban J connectivity index is 2.50. The molecule has 0 aromatic carbocycles. The van der Waals surface area contributed by atoms with Crippen LogP contribution in [0.1, 0.15) is 27.2 Å². The number of thioether (sulfide) groups is 1. The van der Waals surface area contributed by atoms with Crippen LogP contribution in [-0.2, 0) is 13.9 Å². The second kappa shape index (κ2) is 6.98. The first-order chi connectivity index (χ1) is 8.67. The average molecular weight is 302 g/mol. The fourth-order valence-corrected chi connectivity index (χ4v) is 3.06. The van der Waals surface area contributed by atoms with Crippen LogP contribution >= 0.6 is 11.8 Å². The zero-order valence-corrected chi connectivity index (χ0v) is 14.9. The molecule has 3 nitrogen and oxygen atoms in total. The van der Waals surface area contributed by atoms with E-state index in [4.69, 9.17) is 21.7 Å². The van der Waals surface area contributed by atoms with Crippen LogP contribution in [0.2, 0.25) is 18.1 Å². The molecule has 2 radical (unpaired) electrons. The normalized spacial score (nSPS) is 28.8. The second-order valence-electron chi connectivity index (χ2n) is 6.63. The zero-order valence-electron chi connectivity index (χ0n) is 13.1. The van der Waals surface area contributed by atoms with Crippen LogP contribution in [0.25, 0.3) is 0 Å². The van der Waals surface area contributed by atoms with Gasteiger partial charge in [-0.05, 0) is 30.8 Å². The molecule has 0 aromatic rings. The Hall–Kier alpha value is 0.512. The molecule has 0 amide bonds. The first-order valence-corrected chi connectivity index (χ1v) is 11.1. The summed E-state index contributed by atoms with van der Waals surface area (Å²) in [5, 5.41) is 0.212. The average Bonchev–Trinajstić information content (AvgIpc) is 2.63. The van der Waals surface area contributed by atoms with Crippen LogP contribution in [0.3, 0.4) is 0 Å². The molecule has 1 heterocycles. The Morgan fingerprint density at radius 2 is 2.00 bits per heavy atom.